The summed E-state index contributed by atoms with van der Waals surface area (Å²) < 4.78 is 30.3. The first-order chi connectivity index (χ1) is 24.4. The number of aromatic nitrogens is 2. The number of rotatable bonds is 3. The minimum Gasteiger partial charge on any atom is -0.294 e. The predicted octanol–water partition coefficient (Wildman–Crippen LogP) is 11.2. The normalized spacial score (nSPS) is 13.3. The number of imidazole rings is 1. The zero-order chi connectivity index (χ0) is 33.7. The quantitative estimate of drug-likeness (QED) is 0.177. The van der Waals surface area contributed by atoms with Crippen molar-refractivity contribution in [2.24, 2.45) is 0 Å². The van der Waals surface area contributed by atoms with Gasteiger partial charge < -0.3 is 0 Å². The van der Waals surface area contributed by atoms with Gasteiger partial charge in [-0.3, -0.25) is 4.57 Å². The van der Waals surface area contributed by atoms with Crippen molar-refractivity contribution >= 4 is 53.2 Å². The van der Waals surface area contributed by atoms with Crippen LogP contribution in [0.4, 0.5) is 0 Å². The minimum atomic E-state index is -3.78. The molecule has 0 N–H and O–H groups in total. The highest BCUT2D eigenvalue weighted by atomic mass is 32.2. The van der Waals surface area contributed by atoms with Crippen molar-refractivity contribution in [1.82, 2.24) is 9.55 Å². The molecule has 2 heterocycles. The maximum absolute atomic E-state index is 14.2. The van der Waals surface area contributed by atoms with Crippen LogP contribution in [0, 0.1) is 13.8 Å². The summed E-state index contributed by atoms with van der Waals surface area (Å²) in [6.07, 6.45) is 0. The summed E-state index contributed by atoms with van der Waals surface area (Å²) in [5.74, 6) is 0.762. The molecule has 0 radical (unpaired) electrons. The van der Waals surface area contributed by atoms with Gasteiger partial charge in [-0.15, -0.1) is 0 Å². The van der Waals surface area contributed by atoms with E-state index in [0.29, 0.717) is 26.5 Å². The highest BCUT2D eigenvalue weighted by molar-refractivity contribution is 7.92. The molecule has 0 amide bonds. The van der Waals surface area contributed by atoms with Crippen LogP contribution in [0.5, 0.6) is 0 Å². The Kier molecular flexibility index (Phi) is 6.06. The molecule has 0 aliphatic carbocycles. The average Bonchev–Trinajstić information content (AvgIpc) is 3.48. The maximum Gasteiger partial charge on any atom is 0.210 e. The highest BCUT2D eigenvalue weighted by Crippen LogP contribution is 2.46. The lowest BCUT2D eigenvalue weighted by Gasteiger charge is -2.22. The number of hydrogen-bond acceptors (Lipinski definition) is 3. The van der Waals surface area contributed by atoms with Gasteiger partial charge in [0.2, 0.25) is 9.84 Å². The van der Waals surface area contributed by atoms with Crippen molar-refractivity contribution in [2.75, 3.05) is 0 Å². The third-order valence-electron chi connectivity index (χ3n) is 10.3. The first-order valence-corrected chi connectivity index (χ1v) is 18.3. The van der Waals surface area contributed by atoms with Gasteiger partial charge in [-0.1, -0.05) is 115 Å². The van der Waals surface area contributed by atoms with E-state index in [9.17, 15) is 8.42 Å². The van der Waals surface area contributed by atoms with Gasteiger partial charge in [-0.05, 0) is 116 Å². The van der Waals surface area contributed by atoms with Crippen LogP contribution in [-0.4, -0.2) is 18.0 Å². The Balaban J connectivity index is 1.27. The number of aryl methyl sites for hydroxylation is 2. The molecular weight excluding hydrogens is 633 g/mol. The van der Waals surface area contributed by atoms with E-state index in [1.165, 1.54) is 38.2 Å². The molecular formula is C45H30N2O2S. The Hall–Kier alpha value is -6.04. The number of fused-ring (bicyclic) bond motifs is 5. The third-order valence-corrected chi connectivity index (χ3v) is 12.1. The summed E-state index contributed by atoms with van der Waals surface area (Å²) in [5, 5.41) is 7.02. The smallest absolute Gasteiger partial charge is 0.210 e. The first-order valence-electron chi connectivity index (χ1n) is 16.8. The van der Waals surface area contributed by atoms with Crippen LogP contribution in [0.1, 0.15) is 11.4 Å². The maximum atomic E-state index is 14.2. The molecule has 8 aromatic carbocycles. The fraction of sp³-hybridized carbons (Fsp3) is 0.0444. The number of nitrogens with zero attached hydrogens (tertiary/aromatic N) is 2. The molecule has 0 spiro atoms. The number of sulfone groups is 1. The Morgan fingerprint density at radius 1 is 0.500 bits per heavy atom. The summed E-state index contributed by atoms with van der Waals surface area (Å²) >= 11 is 0. The summed E-state index contributed by atoms with van der Waals surface area (Å²) in [6.45, 7) is 4.06. The summed E-state index contributed by atoms with van der Waals surface area (Å²) in [5.41, 5.74) is 9.64. The molecule has 0 saturated carbocycles. The van der Waals surface area contributed by atoms with E-state index in [-0.39, 0.29) is 0 Å². The lowest BCUT2D eigenvalue weighted by molar-refractivity contribution is 0.594. The van der Waals surface area contributed by atoms with E-state index in [4.69, 9.17) is 0 Å². The predicted molar refractivity (Wildman–Crippen MR) is 205 cm³/mol. The van der Waals surface area contributed by atoms with Crippen molar-refractivity contribution in [3.8, 4) is 39.1 Å². The lowest BCUT2D eigenvalue weighted by atomic mass is 9.84. The SMILES string of the molecule is Cc1cccc(-c2c3ccccc3c(-c3ccc4ccccc4c3)c3cc(-c4ccc5c(c4)S(=O)(=O)c4cccc6nc(C)n-5c46)ccc23)c1. The van der Waals surface area contributed by atoms with E-state index < -0.39 is 9.84 Å². The molecule has 1 aliphatic rings. The molecule has 238 valence electrons. The van der Waals surface area contributed by atoms with Crippen LogP contribution in [-0.2, 0) is 9.84 Å². The van der Waals surface area contributed by atoms with Crippen LogP contribution in [0.3, 0.4) is 0 Å². The number of hydrogen-bond donors (Lipinski definition) is 0. The van der Waals surface area contributed by atoms with Crippen LogP contribution in [0.2, 0.25) is 0 Å². The van der Waals surface area contributed by atoms with Crippen molar-refractivity contribution in [3.63, 3.8) is 0 Å². The van der Waals surface area contributed by atoms with Crippen molar-refractivity contribution < 1.29 is 8.42 Å². The second kappa shape index (κ2) is 10.5. The van der Waals surface area contributed by atoms with Crippen molar-refractivity contribution in [1.29, 1.82) is 0 Å². The summed E-state index contributed by atoms with van der Waals surface area (Å²) in [7, 11) is -3.78. The molecule has 0 bridgehead atoms. The lowest BCUT2D eigenvalue weighted by Crippen LogP contribution is -2.15. The van der Waals surface area contributed by atoms with E-state index in [2.05, 4.69) is 121 Å². The molecule has 50 heavy (non-hydrogen) atoms. The van der Waals surface area contributed by atoms with Crippen LogP contribution in [0.15, 0.2) is 155 Å². The highest BCUT2D eigenvalue weighted by Gasteiger charge is 2.33. The summed E-state index contributed by atoms with van der Waals surface area (Å²) in [6, 6.07) is 50.3. The standard InChI is InChI=1S/C45H30N2O2S/c1-27-9-7-12-33(23-27)43-35-13-5-6-14-36(35)44(34-18-17-29-10-3-4-11-30(29)24-34)38-25-31(19-21-37(38)43)32-20-22-40-42(26-32)50(48,49)41-16-8-15-39-45(41)47(40)28(2)46-39/h3-26H,1-2H3. The molecule has 1 aliphatic heterocycles. The fourth-order valence-corrected chi connectivity index (χ4v) is 9.72. The Labute approximate surface area is 289 Å². The molecule has 0 unspecified atom stereocenters. The van der Waals surface area contributed by atoms with Gasteiger partial charge in [-0.2, -0.15) is 0 Å². The zero-order valence-corrected chi connectivity index (χ0v) is 28.3. The van der Waals surface area contributed by atoms with Crippen LogP contribution in [0.25, 0.3) is 82.4 Å². The summed E-state index contributed by atoms with van der Waals surface area (Å²) in [4.78, 5) is 5.28. The largest absolute Gasteiger partial charge is 0.294 e. The van der Waals surface area contributed by atoms with E-state index in [1.807, 2.05) is 35.8 Å². The second-order valence-corrected chi connectivity index (χ2v) is 15.2. The van der Waals surface area contributed by atoms with Gasteiger partial charge in [0.05, 0.1) is 26.5 Å². The Bertz CT molecular complexity index is 3030. The molecule has 4 nitrogen and oxygen atoms in total. The topological polar surface area (TPSA) is 52.0 Å². The Morgan fingerprint density at radius 2 is 1.16 bits per heavy atom. The second-order valence-electron chi connectivity index (χ2n) is 13.3. The van der Waals surface area contributed by atoms with Gasteiger partial charge in [0.1, 0.15) is 5.82 Å². The monoisotopic (exact) mass is 662 g/mol. The van der Waals surface area contributed by atoms with Gasteiger partial charge >= 0.3 is 0 Å². The zero-order valence-electron chi connectivity index (χ0n) is 27.5. The van der Waals surface area contributed by atoms with Crippen molar-refractivity contribution in [3.05, 3.63) is 157 Å². The number of para-hydroxylation sites is 1. The third kappa shape index (κ3) is 4.10. The first kappa shape index (κ1) is 28.9. The van der Waals surface area contributed by atoms with Crippen molar-refractivity contribution in [2.45, 2.75) is 23.6 Å². The molecule has 0 saturated heterocycles. The van der Waals surface area contributed by atoms with Crippen LogP contribution >= 0.6 is 0 Å². The van der Waals surface area contributed by atoms with Gasteiger partial charge in [0.25, 0.3) is 0 Å². The number of benzene rings is 8. The molecule has 1 aromatic heterocycles. The van der Waals surface area contributed by atoms with E-state index in [0.717, 1.165) is 38.9 Å². The van der Waals surface area contributed by atoms with Gasteiger partial charge in [0, 0.05) is 0 Å². The van der Waals surface area contributed by atoms with E-state index >= 15 is 0 Å². The average molecular weight is 663 g/mol. The molecule has 0 fully saturated rings. The molecule has 0 atom stereocenters. The fourth-order valence-electron chi connectivity index (χ4n) is 8.06. The molecule has 10 rings (SSSR count). The van der Waals surface area contributed by atoms with Gasteiger partial charge in [-0.25, -0.2) is 13.4 Å². The molecule has 9 aromatic rings. The van der Waals surface area contributed by atoms with Crippen LogP contribution < -0.4 is 0 Å². The molecule has 5 heteroatoms. The van der Waals surface area contributed by atoms with Gasteiger partial charge in [0.15, 0.2) is 0 Å². The van der Waals surface area contributed by atoms with E-state index in [1.54, 1.807) is 12.1 Å². The minimum absolute atomic E-state index is 0.296. The Morgan fingerprint density at radius 3 is 1.98 bits per heavy atom.